The Morgan fingerprint density at radius 1 is 0.926 bits per heavy atom. The number of hydrogen-bond donors (Lipinski definition) is 0. The molecule has 27 heavy (non-hydrogen) atoms. The first-order valence-electron chi connectivity index (χ1n) is 9.28. The molecule has 0 bridgehead atoms. The Morgan fingerprint density at radius 3 is 2.04 bits per heavy atom. The fourth-order valence-electron chi connectivity index (χ4n) is 3.52. The minimum atomic E-state index is 0.678. The molecule has 1 aliphatic rings. The van der Waals surface area contributed by atoms with Crippen molar-refractivity contribution in [2.75, 3.05) is 18.0 Å². The summed E-state index contributed by atoms with van der Waals surface area (Å²) in [5.41, 5.74) is 8.07. The molecule has 0 fully saturated rings. The van der Waals surface area contributed by atoms with Crippen molar-refractivity contribution < 1.29 is 0 Å². The van der Waals surface area contributed by atoms with E-state index in [1.165, 1.54) is 5.69 Å². The van der Waals surface area contributed by atoms with Crippen molar-refractivity contribution in [1.29, 1.82) is 5.26 Å². The van der Waals surface area contributed by atoms with Gasteiger partial charge in [-0.25, -0.2) is 4.99 Å². The summed E-state index contributed by atoms with van der Waals surface area (Å²) in [5, 5.41) is 8.92. The molecule has 3 rings (SSSR count). The maximum atomic E-state index is 8.92. The van der Waals surface area contributed by atoms with Gasteiger partial charge in [0.2, 0.25) is 6.19 Å². The average Bonchev–Trinajstić information content (AvgIpc) is 2.67. The molecule has 0 spiro atoms. The minimum Gasteiger partial charge on any atom is -0.372 e. The second-order valence-electron chi connectivity index (χ2n) is 6.57. The monoisotopic (exact) mass is 356 g/mol. The Kier molecular flexibility index (Phi) is 5.52. The molecule has 0 aliphatic heterocycles. The third kappa shape index (κ3) is 3.68. The zero-order valence-electron chi connectivity index (χ0n) is 16.3. The molecule has 0 saturated carbocycles. The first-order valence-corrected chi connectivity index (χ1v) is 9.28. The molecule has 0 heterocycles. The second-order valence-corrected chi connectivity index (χ2v) is 6.57. The molecule has 0 aromatic heterocycles. The van der Waals surface area contributed by atoms with E-state index in [1.54, 1.807) is 0 Å². The summed E-state index contributed by atoms with van der Waals surface area (Å²) in [6, 6.07) is 12.4. The molecular weight excluding hydrogens is 332 g/mol. The van der Waals surface area contributed by atoms with Crippen molar-refractivity contribution in [1.82, 2.24) is 0 Å². The van der Waals surface area contributed by atoms with Crippen molar-refractivity contribution in [3.8, 4) is 6.19 Å². The highest BCUT2D eigenvalue weighted by Gasteiger charge is 2.17. The molecule has 136 valence electrons. The fourth-order valence-corrected chi connectivity index (χ4v) is 3.52. The quantitative estimate of drug-likeness (QED) is 0.715. The van der Waals surface area contributed by atoms with Crippen LogP contribution in [-0.4, -0.2) is 24.5 Å². The van der Waals surface area contributed by atoms with E-state index in [9.17, 15) is 0 Å². The van der Waals surface area contributed by atoms with Crippen LogP contribution in [0.5, 0.6) is 0 Å². The molecule has 2 aromatic carbocycles. The smallest absolute Gasteiger partial charge is 0.206 e. The topological polar surface area (TPSA) is 51.8 Å². The van der Waals surface area contributed by atoms with E-state index in [0.717, 1.165) is 46.7 Å². The van der Waals surface area contributed by atoms with Crippen LogP contribution < -0.4 is 4.90 Å². The van der Waals surface area contributed by atoms with Crippen molar-refractivity contribution in [3.05, 3.63) is 70.8 Å². The highest BCUT2D eigenvalue weighted by atomic mass is 15.1. The highest BCUT2D eigenvalue weighted by Crippen LogP contribution is 2.31. The van der Waals surface area contributed by atoms with Gasteiger partial charge in [-0.3, -0.25) is 0 Å². The van der Waals surface area contributed by atoms with Gasteiger partial charge in [0.25, 0.3) is 0 Å². The summed E-state index contributed by atoms with van der Waals surface area (Å²) in [6.45, 7) is 10.5. The van der Waals surface area contributed by atoms with Crippen LogP contribution in [0.2, 0.25) is 0 Å². The van der Waals surface area contributed by atoms with Gasteiger partial charge in [0.1, 0.15) is 0 Å². The van der Waals surface area contributed by atoms with Gasteiger partial charge >= 0.3 is 0 Å². The standard InChI is InChI=1S/C23H24N4/c1-5-27(6-2)18-13-16(3)23(17(4)14-18)26-22-12-11-21(25-15-24)19-9-7-8-10-20(19)22/h7-14H,5-6H2,1-4H3. The summed E-state index contributed by atoms with van der Waals surface area (Å²) in [6.07, 6.45) is 5.68. The molecule has 1 aliphatic carbocycles. The number of allylic oxidation sites excluding steroid dienone is 2. The largest absolute Gasteiger partial charge is 0.372 e. The zero-order valence-corrected chi connectivity index (χ0v) is 16.3. The Morgan fingerprint density at radius 2 is 1.48 bits per heavy atom. The van der Waals surface area contributed by atoms with E-state index in [4.69, 9.17) is 10.3 Å². The van der Waals surface area contributed by atoms with Gasteiger partial charge in [-0.1, -0.05) is 24.3 Å². The normalized spacial score (nSPS) is 15.7. The first kappa shape index (κ1) is 18.6. The van der Waals surface area contributed by atoms with Gasteiger partial charge in [-0.05, 0) is 63.1 Å². The summed E-state index contributed by atoms with van der Waals surface area (Å²) < 4.78 is 0. The number of benzene rings is 2. The van der Waals surface area contributed by atoms with E-state index < -0.39 is 0 Å². The SMILES string of the molecule is CCN(CC)c1cc(C)c(N=C2C=CC(=NC#N)c3ccccc32)c(C)c1. The summed E-state index contributed by atoms with van der Waals surface area (Å²) in [4.78, 5) is 11.2. The van der Waals surface area contributed by atoms with Gasteiger partial charge in [-0.15, -0.1) is 0 Å². The molecule has 0 unspecified atom stereocenters. The van der Waals surface area contributed by atoms with Crippen LogP contribution in [-0.2, 0) is 0 Å². The summed E-state index contributed by atoms with van der Waals surface area (Å²) >= 11 is 0. The van der Waals surface area contributed by atoms with E-state index in [1.807, 2.05) is 42.6 Å². The third-order valence-electron chi connectivity index (χ3n) is 4.89. The second kappa shape index (κ2) is 8.01. The number of aryl methyl sites for hydroxylation is 2. The molecule has 4 nitrogen and oxygen atoms in total. The number of anilines is 1. The first-order chi connectivity index (χ1) is 13.1. The van der Waals surface area contributed by atoms with Crippen LogP contribution in [0.1, 0.15) is 36.1 Å². The average molecular weight is 356 g/mol. The van der Waals surface area contributed by atoms with E-state index in [-0.39, 0.29) is 0 Å². The summed E-state index contributed by atoms with van der Waals surface area (Å²) in [7, 11) is 0. The number of rotatable bonds is 4. The van der Waals surface area contributed by atoms with Crippen LogP contribution >= 0.6 is 0 Å². The van der Waals surface area contributed by atoms with Crippen molar-refractivity contribution >= 4 is 22.8 Å². The Bertz CT molecular complexity index is 963. The molecule has 2 aromatic rings. The maximum Gasteiger partial charge on any atom is 0.206 e. The van der Waals surface area contributed by atoms with Crippen LogP contribution in [0, 0.1) is 25.3 Å². The van der Waals surface area contributed by atoms with Crippen molar-refractivity contribution in [3.63, 3.8) is 0 Å². The zero-order chi connectivity index (χ0) is 19.4. The molecule has 0 radical (unpaired) electrons. The lowest BCUT2D eigenvalue weighted by atomic mass is 9.93. The number of hydrogen-bond acceptors (Lipinski definition) is 4. The molecule has 0 N–H and O–H groups in total. The third-order valence-corrected chi connectivity index (χ3v) is 4.89. The van der Waals surface area contributed by atoms with E-state index in [0.29, 0.717) is 5.71 Å². The number of fused-ring (bicyclic) bond motifs is 1. The maximum absolute atomic E-state index is 8.92. The predicted octanol–water partition coefficient (Wildman–Crippen LogP) is 5.11. The van der Waals surface area contributed by atoms with Crippen molar-refractivity contribution in [2.45, 2.75) is 27.7 Å². The van der Waals surface area contributed by atoms with E-state index in [2.05, 4.69) is 49.7 Å². The molecule has 4 heteroatoms. The lowest BCUT2D eigenvalue weighted by molar-refractivity contribution is 0.865. The minimum absolute atomic E-state index is 0.678. The number of aliphatic imine (C=N–C) groups is 2. The van der Waals surface area contributed by atoms with Gasteiger partial charge in [0.05, 0.1) is 17.1 Å². The Balaban J connectivity index is 2.09. The molecule has 0 saturated heterocycles. The molecule has 0 atom stereocenters. The van der Waals surface area contributed by atoms with Gasteiger partial charge in [0.15, 0.2) is 0 Å². The number of nitrogens with zero attached hydrogens (tertiary/aromatic N) is 4. The Hall–Kier alpha value is -3.19. The Labute approximate surface area is 161 Å². The van der Waals surface area contributed by atoms with Gasteiger partial charge < -0.3 is 4.90 Å². The van der Waals surface area contributed by atoms with E-state index >= 15 is 0 Å². The van der Waals surface area contributed by atoms with Gasteiger partial charge in [-0.2, -0.15) is 10.3 Å². The fraction of sp³-hybridized carbons (Fsp3) is 0.261. The van der Waals surface area contributed by atoms with Crippen LogP contribution in [0.3, 0.4) is 0 Å². The lowest BCUT2D eigenvalue weighted by Crippen LogP contribution is -2.21. The van der Waals surface area contributed by atoms with Crippen molar-refractivity contribution in [2.24, 2.45) is 9.98 Å². The van der Waals surface area contributed by atoms with Gasteiger partial charge in [0, 0.05) is 29.9 Å². The van der Waals surface area contributed by atoms with Crippen LogP contribution in [0.4, 0.5) is 11.4 Å². The highest BCUT2D eigenvalue weighted by molar-refractivity contribution is 6.26. The van der Waals surface area contributed by atoms with Crippen LogP contribution in [0.15, 0.2) is 58.5 Å². The molecular formula is C23H24N4. The number of nitriles is 1. The molecule has 0 amide bonds. The predicted molar refractivity (Wildman–Crippen MR) is 113 cm³/mol. The van der Waals surface area contributed by atoms with Crippen LogP contribution in [0.25, 0.3) is 0 Å². The lowest BCUT2D eigenvalue weighted by Gasteiger charge is -2.23. The summed E-state index contributed by atoms with van der Waals surface area (Å²) in [5.74, 6) is 0.